The molecular formula is C24H21Cl2N8O5S3+. The third kappa shape index (κ3) is 7.00. The number of rotatable bonds is 11. The van der Waals surface area contributed by atoms with E-state index in [1.54, 1.807) is 47.3 Å². The smallest absolute Gasteiger partial charge is 0.352 e. The average molecular weight is 669 g/mol. The number of thioether (sulfide) groups is 3. The summed E-state index contributed by atoms with van der Waals surface area (Å²) < 4.78 is 1.66. The van der Waals surface area contributed by atoms with Gasteiger partial charge in [0.05, 0.1) is 10.8 Å². The lowest BCUT2D eigenvalue weighted by molar-refractivity contribution is -0.684. The second-order valence-corrected chi connectivity index (χ2v) is 12.9. The first-order valence-electron chi connectivity index (χ1n) is 12.1. The molecule has 0 aliphatic carbocycles. The van der Waals surface area contributed by atoms with Crippen LogP contribution in [-0.4, -0.2) is 83.0 Å². The lowest BCUT2D eigenvalue weighted by Crippen LogP contribution is -2.70. The highest BCUT2D eigenvalue weighted by molar-refractivity contribution is 8.01. The van der Waals surface area contributed by atoms with Crippen LogP contribution >= 0.6 is 58.5 Å². The quantitative estimate of drug-likeness (QED) is 0.134. The van der Waals surface area contributed by atoms with Gasteiger partial charge in [-0.2, -0.15) is 9.78 Å². The van der Waals surface area contributed by atoms with Crippen molar-refractivity contribution >= 4 is 88.1 Å². The number of nitrogens with zero attached hydrogens (tertiary/aromatic N) is 5. The molecule has 13 nitrogen and oxygen atoms in total. The molecule has 18 heteroatoms. The number of carboxylic acid groups (broad SMARTS) is 1. The molecule has 1 saturated heterocycles. The first-order chi connectivity index (χ1) is 20.2. The van der Waals surface area contributed by atoms with Gasteiger partial charge in [-0.25, -0.2) is 4.79 Å². The maximum Gasteiger partial charge on any atom is 0.352 e. The molecule has 1 fully saturated rings. The molecule has 0 unspecified atom stereocenters. The van der Waals surface area contributed by atoms with Crippen LogP contribution in [0.5, 0.6) is 0 Å². The molecule has 218 valence electrons. The number of aromatic amines is 1. The number of benzene rings is 1. The minimum absolute atomic E-state index is 0.0191. The van der Waals surface area contributed by atoms with Crippen molar-refractivity contribution in [2.75, 3.05) is 22.6 Å². The van der Waals surface area contributed by atoms with Crippen molar-refractivity contribution in [3.63, 3.8) is 0 Å². The minimum Gasteiger partial charge on any atom is -0.477 e. The molecule has 3 aromatic rings. The molecule has 2 aromatic heterocycles. The average Bonchev–Trinajstić information content (AvgIpc) is 3.48. The summed E-state index contributed by atoms with van der Waals surface area (Å²) in [7, 11) is 0. The van der Waals surface area contributed by atoms with E-state index in [9.17, 15) is 24.3 Å². The number of pyridine rings is 1. The summed E-state index contributed by atoms with van der Waals surface area (Å²) in [5.41, 5.74) is 0.556. The molecule has 4 N–H and O–H groups in total. The number of halogens is 2. The maximum atomic E-state index is 13.0. The predicted molar refractivity (Wildman–Crippen MR) is 157 cm³/mol. The molecular weight excluding hydrogens is 647 g/mol. The van der Waals surface area contributed by atoms with Gasteiger partial charge in [-0.3, -0.25) is 24.6 Å². The third-order valence-electron chi connectivity index (χ3n) is 6.01. The van der Waals surface area contributed by atoms with E-state index >= 15 is 0 Å². The Labute approximate surface area is 261 Å². The number of aliphatic carboxylic acids is 1. The number of hydrogen-bond donors (Lipinski definition) is 4. The number of hydrogen-bond acceptors (Lipinski definition) is 10. The van der Waals surface area contributed by atoms with Crippen molar-refractivity contribution in [3.05, 3.63) is 64.0 Å². The number of β-lactam (4-membered cyclic amide) rings is 1. The second-order valence-electron chi connectivity index (χ2n) is 8.85. The number of aromatic nitrogens is 5. The van der Waals surface area contributed by atoms with Crippen molar-refractivity contribution in [3.8, 4) is 0 Å². The first kappa shape index (κ1) is 30.2. The number of carbonyl (C=O) groups excluding carboxylic acids is 3. The van der Waals surface area contributed by atoms with Gasteiger partial charge in [0.1, 0.15) is 17.1 Å². The Kier molecular flexibility index (Phi) is 9.57. The largest absolute Gasteiger partial charge is 0.477 e. The summed E-state index contributed by atoms with van der Waals surface area (Å²) in [5.74, 6) is -1.52. The van der Waals surface area contributed by atoms with E-state index in [0.29, 0.717) is 32.0 Å². The van der Waals surface area contributed by atoms with E-state index in [1.807, 2.05) is 0 Å². The summed E-state index contributed by atoms with van der Waals surface area (Å²) >= 11 is 16.2. The van der Waals surface area contributed by atoms with Crippen molar-refractivity contribution in [2.45, 2.75) is 27.8 Å². The summed E-state index contributed by atoms with van der Waals surface area (Å²) in [6.45, 7) is 0.0354. The molecule has 2 aliphatic rings. The Balaban J connectivity index is 1.15. The number of anilines is 1. The Bertz CT molecular complexity index is 1560. The molecule has 2 aliphatic heterocycles. The number of H-pyrrole nitrogens is 1. The third-order valence-corrected chi connectivity index (χ3v) is 10.2. The van der Waals surface area contributed by atoms with Crippen LogP contribution in [0.4, 0.5) is 5.95 Å². The van der Waals surface area contributed by atoms with Crippen LogP contribution in [0.1, 0.15) is 0 Å². The second kappa shape index (κ2) is 13.3. The van der Waals surface area contributed by atoms with Gasteiger partial charge in [0.2, 0.25) is 12.5 Å². The van der Waals surface area contributed by atoms with E-state index < -0.39 is 23.3 Å². The van der Waals surface area contributed by atoms with Crippen molar-refractivity contribution in [1.29, 1.82) is 0 Å². The van der Waals surface area contributed by atoms with E-state index in [-0.39, 0.29) is 35.8 Å². The summed E-state index contributed by atoms with van der Waals surface area (Å²) in [5, 5.41) is 28.6. The first-order valence-corrected chi connectivity index (χ1v) is 15.9. The molecule has 0 radical (unpaired) electrons. The summed E-state index contributed by atoms with van der Waals surface area (Å²) in [6.07, 6.45) is 3.45. The topological polar surface area (TPSA) is 174 Å². The van der Waals surface area contributed by atoms with Gasteiger partial charge in [0.25, 0.3) is 17.8 Å². The van der Waals surface area contributed by atoms with Crippen LogP contribution in [0, 0.1) is 0 Å². The molecule has 0 saturated carbocycles. The number of amides is 3. The van der Waals surface area contributed by atoms with Crippen LogP contribution in [0.25, 0.3) is 0 Å². The maximum absolute atomic E-state index is 13.0. The number of tetrazole rings is 1. The highest BCUT2D eigenvalue weighted by Gasteiger charge is 2.54. The van der Waals surface area contributed by atoms with Crippen molar-refractivity contribution in [2.24, 2.45) is 0 Å². The lowest BCUT2D eigenvalue weighted by Gasteiger charge is -2.49. The number of carbonyl (C=O) groups is 4. The summed E-state index contributed by atoms with van der Waals surface area (Å²) in [4.78, 5) is 52.6. The predicted octanol–water partition coefficient (Wildman–Crippen LogP) is 2.06. The lowest BCUT2D eigenvalue weighted by atomic mass is 10.0. The molecule has 3 amide bonds. The fourth-order valence-corrected chi connectivity index (χ4v) is 7.77. The van der Waals surface area contributed by atoms with Crippen molar-refractivity contribution < 1.29 is 28.9 Å². The Morgan fingerprint density at radius 1 is 1.17 bits per heavy atom. The van der Waals surface area contributed by atoms with Crippen LogP contribution in [0.2, 0.25) is 10.0 Å². The van der Waals surface area contributed by atoms with Gasteiger partial charge in [0, 0.05) is 38.5 Å². The van der Waals surface area contributed by atoms with Crippen LogP contribution in [-0.2, 0) is 25.7 Å². The van der Waals surface area contributed by atoms with E-state index in [1.165, 1.54) is 40.2 Å². The Morgan fingerprint density at radius 3 is 2.67 bits per heavy atom. The number of fused-ring (bicyclic) bond motifs is 1. The molecule has 1 aromatic carbocycles. The monoisotopic (exact) mass is 667 g/mol. The Hall–Kier alpha value is -3.31. The molecule has 2 atom stereocenters. The standard InChI is InChI=1S/C24H20Cl2N8O5S3/c25-13-1-2-15(26)16(7-13)41-11-18(36)27-19-21(37)34-20(23(38)39)12(10-42-22(19)34)9-40-14-3-5-33(6-4-14)8-17(35)28-24-29-31-32-30-24/h1-7,19,22H,8-11H2,(H3-,27,28,29,30,31,32,35,36,38,39)/p+1/t19-,22-/m1/s1. The van der Waals surface area contributed by atoms with Gasteiger partial charge in [-0.05, 0) is 29.0 Å². The zero-order valence-electron chi connectivity index (χ0n) is 21.3. The molecule has 4 heterocycles. The molecule has 0 bridgehead atoms. The molecule has 42 heavy (non-hydrogen) atoms. The zero-order chi connectivity index (χ0) is 29.8. The van der Waals surface area contributed by atoms with Gasteiger partial charge in [-0.1, -0.05) is 28.3 Å². The highest BCUT2D eigenvalue weighted by Crippen LogP contribution is 2.41. The van der Waals surface area contributed by atoms with Crippen LogP contribution < -0.4 is 15.2 Å². The minimum atomic E-state index is -1.20. The molecule has 0 spiro atoms. The highest BCUT2D eigenvalue weighted by atomic mass is 35.5. The SMILES string of the molecule is O=C(C[n+]1ccc(SCC2=C(C(=O)O)N3C(=O)[C@@H](NC(=O)CSc4cc(Cl)ccc4Cl)[C@H]3SC2)cc1)Nc1nn[nH]n1. The fraction of sp³-hybridized carbons (Fsp3) is 0.250. The summed E-state index contributed by atoms with van der Waals surface area (Å²) in [6, 6.07) is 7.74. The fourth-order valence-electron chi connectivity index (χ4n) is 4.10. The number of carboxylic acids is 1. The van der Waals surface area contributed by atoms with Gasteiger partial charge >= 0.3 is 5.97 Å². The van der Waals surface area contributed by atoms with Gasteiger partial charge in [-0.15, -0.1) is 40.4 Å². The van der Waals surface area contributed by atoms with E-state index in [4.69, 9.17) is 23.2 Å². The normalized spacial score (nSPS) is 17.9. The van der Waals surface area contributed by atoms with Crippen molar-refractivity contribution in [1.82, 2.24) is 30.8 Å². The number of nitrogens with one attached hydrogen (secondary N) is 3. The van der Waals surface area contributed by atoms with E-state index in [0.717, 1.165) is 4.90 Å². The molecule has 5 rings (SSSR count). The van der Waals surface area contributed by atoms with E-state index in [2.05, 4.69) is 31.3 Å². The van der Waals surface area contributed by atoms with Gasteiger partial charge < -0.3 is 10.4 Å². The van der Waals surface area contributed by atoms with Crippen LogP contribution in [0.15, 0.2) is 63.8 Å². The van der Waals surface area contributed by atoms with Crippen LogP contribution in [0.3, 0.4) is 0 Å². The zero-order valence-corrected chi connectivity index (χ0v) is 25.3. The van der Waals surface area contributed by atoms with Gasteiger partial charge in [0.15, 0.2) is 12.4 Å². The Morgan fingerprint density at radius 2 is 1.95 bits per heavy atom.